The molecule has 446 valence electrons. The molecule has 0 aromatic carbocycles. The number of esters is 1. The van der Waals surface area contributed by atoms with Crippen LogP contribution in [-0.2, 0) is 19.1 Å². The molecule has 71 heavy (non-hydrogen) atoms. The van der Waals surface area contributed by atoms with Gasteiger partial charge in [-0.25, -0.2) is 0 Å². The number of hydrogen-bond donors (Lipinski definition) is 1. The van der Waals surface area contributed by atoms with Crippen LogP contribution in [0.15, 0.2) is 0 Å². The molecule has 0 fully saturated rings. The summed E-state index contributed by atoms with van der Waals surface area (Å²) >= 11 is 0. The summed E-state index contributed by atoms with van der Waals surface area (Å²) in [6.45, 7) is 52.7. The van der Waals surface area contributed by atoms with Crippen LogP contribution >= 0.6 is 0 Å². The molecule has 2 atom stereocenters. The van der Waals surface area contributed by atoms with Gasteiger partial charge in [-0.2, -0.15) is 0 Å². The van der Waals surface area contributed by atoms with E-state index in [2.05, 4.69) is 130 Å². The number of aliphatic hydroxyl groups excluding tert-OH is 1. The van der Waals surface area contributed by atoms with E-state index in [1.54, 1.807) is 14.0 Å². The molecule has 0 aliphatic rings. The van der Waals surface area contributed by atoms with Gasteiger partial charge in [0.2, 0.25) is 0 Å². The molecule has 0 aromatic rings. The van der Waals surface area contributed by atoms with Crippen molar-refractivity contribution < 1.29 is 24.2 Å². The maximum atomic E-state index is 11.4. The van der Waals surface area contributed by atoms with Crippen molar-refractivity contribution in [3.8, 4) is 0 Å². The molecule has 0 saturated carbocycles. The summed E-state index contributed by atoms with van der Waals surface area (Å²) in [6, 6.07) is 0. The second-order valence-electron chi connectivity index (χ2n) is 18.0. The van der Waals surface area contributed by atoms with E-state index in [4.69, 9.17) is 19.4 Å². The number of carbonyl (C=O) groups excluding carboxylic acids is 2. The number of hydrogen-bond acceptors (Lipinski definition) is 6. The Morgan fingerprint density at radius 1 is 0.493 bits per heavy atom. The Kier molecular flexibility index (Phi) is 178. The molecule has 0 saturated heterocycles. The number of aliphatic hydroxyl groups is 1. The largest absolute Gasteiger partial charge is 0.465 e. The number of carbonyl (C=O) groups is 2. The van der Waals surface area contributed by atoms with Crippen molar-refractivity contribution in [2.75, 3.05) is 47.1 Å². The van der Waals surface area contributed by atoms with Gasteiger partial charge in [-0.15, -0.1) is 0 Å². The van der Waals surface area contributed by atoms with Gasteiger partial charge in [-0.1, -0.05) is 312 Å². The zero-order valence-corrected chi connectivity index (χ0v) is 55.2. The molecule has 0 radical (unpaired) electrons. The van der Waals surface area contributed by atoms with Crippen LogP contribution in [-0.4, -0.2) is 69.3 Å². The first-order valence-electron chi connectivity index (χ1n) is 31.6. The fraction of sp³-hybridized carbons (Fsp3) is 0.969. The van der Waals surface area contributed by atoms with Crippen LogP contribution in [0.2, 0.25) is 0 Å². The number of ether oxygens (including phenoxy) is 2. The molecule has 0 bridgehead atoms. The number of methoxy groups -OCH3 is 1. The first-order valence-corrected chi connectivity index (χ1v) is 31.6. The highest BCUT2D eigenvalue weighted by Crippen LogP contribution is 2.16. The van der Waals surface area contributed by atoms with Crippen molar-refractivity contribution in [2.45, 2.75) is 358 Å². The van der Waals surface area contributed by atoms with E-state index in [1.807, 2.05) is 27.7 Å². The summed E-state index contributed by atoms with van der Waals surface area (Å²) in [5, 5.41) is 7.57. The zero-order valence-electron chi connectivity index (χ0n) is 55.2. The lowest BCUT2D eigenvalue weighted by atomic mass is 9.98. The highest BCUT2D eigenvalue weighted by atomic mass is 16.5. The Morgan fingerprint density at radius 3 is 1.07 bits per heavy atom. The normalized spacial score (nSPS) is 9.79. The Hall–Kier alpha value is -0.980. The van der Waals surface area contributed by atoms with Gasteiger partial charge in [0.05, 0.1) is 6.61 Å². The van der Waals surface area contributed by atoms with Gasteiger partial charge in [0.15, 0.2) is 0 Å². The molecule has 6 nitrogen and oxygen atoms in total. The van der Waals surface area contributed by atoms with E-state index in [0.717, 1.165) is 38.1 Å². The van der Waals surface area contributed by atoms with E-state index >= 15 is 0 Å². The van der Waals surface area contributed by atoms with Gasteiger partial charge in [-0.05, 0) is 71.5 Å². The van der Waals surface area contributed by atoms with E-state index in [0.29, 0.717) is 18.9 Å². The Morgan fingerprint density at radius 2 is 0.789 bits per heavy atom. The van der Waals surface area contributed by atoms with Crippen LogP contribution < -0.4 is 0 Å². The highest BCUT2D eigenvalue weighted by Gasteiger charge is 2.10. The summed E-state index contributed by atoms with van der Waals surface area (Å²) in [5.41, 5.74) is 0. The van der Waals surface area contributed by atoms with Gasteiger partial charge in [0.25, 0.3) is 0 Å². The van der Waals surface area contributed by atoms with Crippen molar-refractivity contribution in [3.63, 3.8) is 0 Å². The molecular weight excluding hydrogens is 875 g/mol. The van der Waals surface area contributed by atoms with Crippen molar-refractivity contribution >= 4 is 12.3 Å². The topological polar surface area (TPSA) is 76.1 Å². The van der Waals surface area contributed by atoms with Crippen LogP contribution in [0.1, 0.15) is 358 Å². The number of aldehydes is 1. The minimum absolute atomic E-state index is 0.0109. The fourth-order valence-corrected chi connectivity index (χ4v) is 5.54. The third kappa shape index (κ3) is 184. The predicted octanol–water partition coefficient (Wildman–Crippen LogP) is 22.9. The van der Waals surface area contributed by atoms with Crippen LogP contribution in [0, 0.1) is 11.8 Å². The smallest absolute Gasteiger partial charge is 0.305 e. The molecule has 0 aromatic heterocycles. The minimum atomic E-state index is -0.0109. The van der Waals surface area contributed by atoms with Crippen LogP contribution in [0.3, 0.4) is 0 Å². The lowest BCUT2D eigenvalue weighted by Crippen LogP contribution is -2.18. The molecule has 0 aliphatic heterocycles. The molecule has 0 spiro atoms. The van der Waals surface area contributed by atoms with Gasteiger partial charge < -0.3 is 24.3 Å². The van der Waals surface area contributed by atoms with Crippen molar-refractivity contribution in [1.82, 2.24) is 4.90 Å². The third-order valence-corrected chi connectivity index (χ3v) is 9.81. The lowest BCUT2D eigenvalue weighted by Gasteiger charge is -2.15. The standard InChI is InChI=1S/C17H34O2.C11H24O.C8H19N.3C5H12.2C3H8.C2H6O.C2H4O.2C2H6/c1-4-7-9-10-11-12-13-16(6-3)15-19-17(18)14-8-5-2;1-4-5-6-7-8-9-11(2)10-12-3;1-4-6-7-8-9(3)5-2;3*1-3-5-4-2;2*1-3-2;2*1-2-3;2*1-2/h16H,4-15H2,1-3H3;11H,4-10H2,1-3H3;4-8H2,1-3H3;3*3-5H2,1-2H3;2*3H2,1-2H3;3H,2H2,1H3;2H,1H3;2*1-2H3. The summed E-state index contributed by atoms with van der Waals surface area (Å²) in [7, 11) is 3.96. The SMILES string of the molecule is CC.CC.CC=O.CCC.CCC.CCCCC.CCCCC.CCCCC.CCCCCCCC(C)COC.CCCCCCCCC(CC)COC(=O)CCCC.CCCCCN(C)CC.CCO. The van der Waals surface area contributed by atoms with Gasteiger partial charge in [0, 0.05) is 26.7 Å². The van der Waals surface area contributed by atoms with E-state index in [9.17, 15) is 4.79 Å². The van der Waals surface area contributed by atoms with Crippen LogP contribution in [0.4, 0.5) is 0 Å². The van der Waals surface area contributed by atoms with Crippen LogP contribution in [0.5, 0.6) is 0 Å². The average molecular weight is 1030 g/mol. The van der Waals surface area contributed by atoms with Gasteiger partial charge in [0.1, 0.15) is 6.29 Å². The minimum Gasteiger partial charge on any atom is -0.465 e. The lowest BCUT2D eigenvalue weighted by molar-refractivity contribution is -0.145. The Labute approximate surface area is 456 Å². The molecule has 1 N–H and O–H groups in total. The number of unbranched alkanes of at least 4 members (excludes halogenated alkanes) is 18. The second kappa shape index (κ2) is 128. The van der Waals surface area contributed by atoms with E-state index in [1.165, 1.54) is 193 Å². The summed E-state index contributed by atoms with van der Waals surface area (Å²) in [4.78, 5) is 22.6. The first-order chi connectivity index (χ1) is 34.3. The number of nitrogens with zero attached hydrogens (tertiary/aromatic N) is 1. The van der Waals surface area contributed by atoms with Crippen molar-refractivity contribution in [3.05, 3.63) is 0 Å². The van der Waals surface area contributed by atoms with Gasteiger partial charge >= 0.3 is 5.97 Å². The van der Waals surface area contributed by atoms with Gasteiger partial charge in [-0.3, -0.25) is 4.79 Å². The molecular formula is C65H151NO5. The summed E-state index contributed by atoms with van der Waals surface area (Å²) in [5.74, 6) is 1.30. The monoisotopic (exact) mass is 1030 g/mol. The fourth-order valence-electron chi connectivity index (χ4n) is 5.54. The average Bonchev–Trinajstić information content (AvgIpc) is 3.37. The zero-order chi connectivity index (χ0) is 57.9. The van der Waals surface area contributed by atoms with E-state index in [-0.39, 0.29) is 12.6 Å². The first kappa shape index (κ1) is 99.1. The molecule has 2 unspecified atom stereocenters. The molecule has 0 aliphatic carbocycles. The highest BCUT2D eigenvalue weighted by molar-refractivity contribution is 5.69. The molecule has 0 amide bonds. The second-order valence-corrected chi connectivity index (χ2v) is 18.0. The maximum Gasteiger partial charge on any atom is 0.305 e. The summed E-state index contributed by atoms with van der Waals surface area (Å²) in [6.07, 6.45) is 40.8. The van der Waals surface area contributed by atoms with Crippen LogP contribution in [0.25, 0.3) is 0 Å². The maximum absolute atomic E-state index is 11.4. The Bertz CT molecular complexity index is 653. The number of rotatable bonds is 32. The van der Waals surface area contributed by atoms with E-state index < -0.39 is 0 Å². The molecule has 0 heterocycles. The Balaban J connectivity index is -0.0000000584. The summed E-state index contributed by atoms with van der Waals surface area (Å²) < 4.78 is 10.4. The molecule has 6 heteroatoms. The van der Waals surface area contributed by atoms with Crippen molar-refractivity contribution in [1.29, 1.82) is 0 Å². The molecule has 0 rings (SSSR count). The quantitative estimate of drug-likeness (QED) is 0.0411. The third-order valence-electron chi connectivity index (χ3n) is 9.81. The predicted molar refractivity (Wildman–Crippen MR) is 334 cm³/mol. The van der Waals surface area contributed by atoms with Crippen molar-refractivity contribution in [2.24, 2.45) is 11.8 Å².